The van der Waals surface area contributed by atoms with Crippen molar-refractivity contribution in [2.24, 2.45) is 0 Å². The second-order valence-electron chi connectivity index (χ2n) is 5.75. The zero-order chi connectivity index (χ0) is 25.8. The SMILES string of the molecule is O=C(Oc1ccccc1)c1ccccc1C(=O)Oc1ccccc1.O=P(Cl)(Cl)Cl.O=P(Cl)(Cl)Cl. The van der Waals surface area contributed by atoms with E-state index in [0.29, 0.717) is 11.5 Å². The van der Waals surface area contributed by atoms with E-state index in [-0.39, 0.29) is 11.1 Å². The van der Waals surface area contributed by atoms with E-state index in [1.807, 2.05) is 12.1 Å². The van der Waals surface area contributed by atoms with Crippen molar-refractivity contribution in [2.75, 3.05) is 0 Å². The highest BCUT2D eigenvalue weighted by Gasteiger charge is 2.20. The Labute approximate surface area is 224 Å². The van der Waals surface area contributed by atoms with Crippen LogP contribution in [0, 0.1) is 0 Å². The van der Waals surface area contributed by atoms with Crippen molar-refractivity contribution in [3.8, 4) is 11.5 Å². The molecule has 3 aromatic carbocycles. The summed E-state index contributed by atoms with van der Waals surface area (Å²) in [5.41, 5.74) is 0.310. The fraction of sp³-hybridized carbons (Fsp3) is 0. The number of carbonyl (C=O) groups is 2. The Bertz CT molecular complexity index is 1060. The van der Waals surface area contributed by atoms with Crippen molar-refractivity contribution < 1.29 is 28.2 Å². The smallest absolute Gasteiger partial charge is 0.344 e. The lowest BCUT2D eigenvalue weighted by molar-refractivity contribution is 0.0692. The highest BCUT2D eigenvalue weighted by Crippen LogP contribution is 2.61. The van der Waals surface area contributed by atoms with Crippen LogP contribution in [0.1, 0.15) is 20.7 Å². The minimum absolute atomic E-state index is 0.155. The van der Waals surface area contributed by atoms with Crippen molar-refractivity contribution in [1.82, 2.24) is 0 Å². The first-order chi connectivity index (χ1) is 15.7. The predicted octanol–water partition coefficient (Wildman–Crippen LogP) is 9.75. The number of hydrogen-bond acceptors (Lipinski definition) is 6. The van der Waals surface area contributed by atoms with Gasteiger partial charge in [0, 0.05) is 0 Å². The zero-order valence-corrected chi connectivity index (χ0v) is 23.0. The fourth-order valence-electron chi connectivity index (χ4n) is 2.14. The summed E-state index contributed by atoms with van der Waals surface area (Å²) >= 11 is 27.7. The molecule has 0 spiro atoms. The largest absolute Gasteiger partial charge is 0.423 e. The molecule has 0 N–H and O–H groups in total. The van der Waals surface area contributed by atoms with E-state index in [2.05, 4.69) is 67.4 Å². The van der Waals surface area contributed by atoms with Crippen LogP contribution in [-0.2, 0) is 9.13 Å². The van der Waals surface area contributed by atoms with Gasteiger partial charge in [0.05, 0.1) is 11.1 Å². The second-order valence-corrected chi connectivity index (χ2v) is 19.0. The first kappa shape index (κ1) is 30.8. The van der Waals surface area contributed by atoms with E-state index in [9.17, 15) is 18.7 Å². The second kappa shape index (κ2) is 15.0. The van der Waals surface area contributed by atoms with Crippen molar-refractivity contribution in [1.29, 1.82) is 0 Å². The topological polar surface area (TPSA) is 86.7 Å². The van der Waals surface area contributed by atoms with E-state index in [4.69, 9.17) is 9.47 Å². The lowest BCUT2D eigenvalue weighted by Gasteiger charge is -2.09. The van der Waals surface area contributed by atoms with Crippen molar-refractivity contribution >= 4 is 89.8 Å². The van der Waals surface area contributed by atoms with Crippen LogP contribution in [0.5, 0.6) is 11.5 Å². The summed E-state index contributed by atoms with van der Waals surface area (Å²) in [6, 6.07) is 23.8. The first-order valence-corrected chi connectivity index (χ1v) is 17.6. The Balaban J connectivity index is 0.000000489. The number of carbonyl (C=O) groups excluding carboxylic acids is 2. The molecule has 34 heavy (non-hydrogen) atoms. The normalized spacial score (nSPS) is 10.5. The fourth-order valence-corrected chi connectivity index (χ4v) is 2.14. The third-order valence-electron chi connectivity index (χ3n) is 3.27. The third-order valence-corrected chi connectivity index (χ3v) is 3.27. The predicted molar refractivity (Wildman–Crippen MR) is 140 cm³/mol. The van der Waals surface area contributed by atoms with Gasteiger partial charge in [-0.2, -0.15) is 0 Å². The van der Waals surface area contributed by atoms with Crippen LogP contribution in [-0.4, -0.2) is 11.9 Å². The molecule has 0 saturated heterocycles. The van der Waals surface area contributed by atoms with E-state index >= 15 is 0 Å². The number of rotatable bonds is 4. The van der Waals surface area contributed by atoms with Gasteiger partial charge < -0.3 is 9.47 Å². The molecule has 3 rings (SSSR count). The molecule has 0 aliphatic rings. The number of halogens is 6. The van der Waals surface area contributed by atoms with Gasteiger partial charge in [0.2, 0.25) is 0 Å². The summed E-state index contributed by atoms with van der Waals surface area (Å²) in [5, 5.41) is -6.44. The van der Waals surface area contributed by atoms with Gasteiger partial charge in [-0.3, -0.25) is 9.13 Å². The standard InChI is InChI=1S/C20H14O4.2Cl3OP/c21-19(23-15-9-3-1-4-10-15)17-13-7-8-14-18(17)20(22)24-16-11-5-2-6-12-16;2*1-5(2,3)4/h1-14H;;. The number of esters is 2. The molecule has 14 heteroatoms. The Morgan fingerprint density at radius 2 is 0.735 bits per heavy atom. The first-order valence-electron chi connectivity index (χ1n) is 8.75. The summed E-state index contributed by atoms with van der Waals surface area (Å²) in [7, 11) is 0. The average molecular weight is 625 g/mol. The van der Waals surface area contributed by atoms with Gasteiger partial charge >= 0.3 is 22.3 Å². The van der Waals surface area contributed by atoms with E-state index in [0.717, 1.165) is 0 Å². The molecule has 0 heterocycles. The lowest BCUT2D eigenvalue weighted by Crippen LogP contribution is -2.17. The molecule has 0 bridgehead atoms. The van der Waals surface area contributed by atoms with E-state index in [1.54, 1.807) is 60.7 Å². The van der Waals surface area contributed by atoms with Gasteiger partial charge in [-0.05, 0) is 104 Å². The van der Waals surface area contributed by atoms with Crippen molar-refractivity contribution in [2.45, 2.75) is 0 Å². The van der Waals surface area contributed by atoms with Crippen LogP contribution in [0.25, 0.3) is 0 Å². The number of benzene rings is 3. The minimum Gasteiger partial charge on any atom is -0.423 e. The maximum Gasteiger partial charge on any atom is 0.344 e. The Hall–Kier alpha value is -1.20. The molecule has 6 nitrogen and oxygen atoms in total. The van der Waals surface area contributed by atoms with Crippen molar-refractivity contribution in [3.63, 3.8) is 0 Å². The zero-order valence-electron chi connectivity index (χ0n) is 16.7. The van der Waals surface area contributed by atoms with Gasteiger partial charge in [-0.1, -0.05) is 48.5 Å². The van der Waals surface area contributed by atoms with Crippen molar-refractivity contribution in [3.05, 3.63) is 96.1 Å². The van der Waals surface area contributed by atoms with Crippen LogP contribution in [0.3, 0.4) is 0 Å². The van der Waals surface area contributed by atoms with Gasteiger partial charge in [0.1, 0.15) is 11.5 Å². The molecule has 0 atom stereocenters. The molecule has 0 aliphatic heterocycles. The molecule has 0 unspecified atom stereocenters. The number of hydrogen-bond donors (Lipinski definition) is 0. The molecule has 0 amide bonds. The van der Waals surface area contributed by atoms with E-state index in [1.165, 1.54) is 12.1 Å². The quantitative estimate of drug-likeness (QED) is 0.163. The molecule has 0 aromatic heterocycles. The molecule has 0 saturated carbocycles. The molecule has 0 fully saturated rings. The summed E-state index contributed by atoms with van der Waals surface area (Å²) < 4.78 is 29.6. The number of para-hydroxylation sites is 2. The summed E-state index contributed by atoms with van der Waals surface area (Å²) in [5.74, 6) is -0.397. The van der Waals surface area contributed by atoms with Gasteiger partial charge in [-0.25, -0.2) is 9.59 Å². The maximum absolute atomic E-state index is 12.4. The molecular formula is C20H14Cl6O6P2. The monoisotopic (exact) mass is 622 g/mol. The highest BCUT2D eigenvalue weighted by molar-refractivity contribution is 8.25. The lowest BCUT2D eigenvalue weighted by atomic mass is 10.1. The molecule has 0 radical (unpaired) electrons. The van der Waals surface area contributed by atoms with Crippen LogP contribution in [0.15, 0.2) is 84.9 Å². The van der Waals surface area contributed by atoms with Crippen LogP contribution in [0.4, 0.5) is 0 Å². The Morgan fingerprint density at radius 1 is 0.500 bits per heavy atom. The Kier molecular flexibility index (Phi) is 13.6. The Morgan fingerprint density at radius 3 is 1.00 bits per heavy atom. The number of ether oxygens (including phenoxy) is 2. The summed E-state index contributed by atoms with van der Waals surface area (Å²) in [4.78, 5) is 24.7. The van der Waals surface area contributed by atoms with Crippen LogP contribution in [0.2, 0.25) is 0 Å². The van der Waals surface area contributed by atoms with Crippen LogP contribution >= 0.6 is 77.8 Å². The third kappa shape index (κ3) is 15.7. The molecule has 0 aliphatic carbocycles. The molecule has 3 aromatic rings. The minimum atomic E-state index is -3.22. The molecule has 182 valence electrons. The maximum atomic E-state index is 12.4. The van der Waals surface area contributed by atoms with E-state index < -0.39 is 22.3 Å². The van der Waals surface area contributed by atoms with Gasteiger partial charge in [0.25, 0.3) is 0 Å². The molecular weight excluding hydrogens is 611 g/mol. The summed E-state index contributed by atoms with van der Waals surface area (Å²) in [6.07, 6.45) is 0. The average Bonchev–Trinajstić information content (AvgIpc) is 2.73. The van der Waals surface area contributed by atoms with Gasteiger partial charge in [0.15, 0.2) is 0 Å². The van der Waals surface area contributed by atoms with Gasteiger partial charge in [-0.15, -0.1) is 0 Å². The van der Waals surface area contributed by atoms with Crippen LogP contribution < -0.4 is 9.47 Å². The highest BCUT2D eigenvalue weighted by atomic mass is 36.1. The summed E-state index contributed by atoms with van der Waals surface area (Å²) in [6.45, 7) is 0.